The van der Waals surface area contributed by atoms with Crippen LogP contribution in [0.25, 0.3) is 22.2 Å². The van der Waals surface area contributed by atoms with Crippen LogP contribution in [0, 0.1) is 5.82 Å². The number of hydrogen-bond acceptors (Lipinski definition) is 4. The van der Waals surface area contributed by atoms with Gasteiger partial charge in [-0.25, -0.2) is 13.8 Å². The summed E-state index contributed by atoms with van der Waals surface area (Å²) in [5.74, 6) is -0.648. The summed E-state index contributed by atoms with van der Waals surface area (Å²) in [6.45, 7) is -0.205. The Morgan fingerprint density at radius 3 is 2.80 bits per heavy atom. The number of aromatic nitrogens is 2. The molecule has 0 N–H and O–H groups in total. The van der Waals surface area contributed by atoms with Gasteiger partial charge in [-0.15, -0.1) is 0 Å². The number of Topliss-reactive ketones (excluding diaryl/α,β-unsaturated/α-hetero) is 1. The van der Waals surface area contributed by atoms with Crippen molar-refractivity contribution in [2.45, 2.75) is 38.0 Å². The quantitative estimate of drug-likeness (QED) is 0.350. The number of aryl methyl sites for hydroxylation is 1. The first-order valence-electron chi connectivity index (χ1n) is 11.3. The minimum atomic E-state index is -1.29. The van der Waals surface area contributed by atoms with Crippen LogP contribution in [0.5, 0.6) is 0 Å². The highest BCUT2D eigenvalue weighted by Crippen LogP contribution is 2.31. The molecule has 1 amide bonds. The average molecular weight is 498 g/mol. The standard InChI is InChI=1S/C26H22ClF2N3O3/c27-20-6-3-4-16(26(20)29)8-9-23(33)22-10-17(28)12-32(22)25(34)14-31-13-19(24-11-30-15-35-24)18-5-1-2-7-21(18)31/h1-7,11,13,15,17,22H,8-10,12,14H2/t17-,22+/m1/s1. The molecule has 1 saturated heterocycles. The first-order chi connectivity index (χ1) is 16.9. The summed E-state index contributed by atoms with van der Waals surface area (Å²) in [4.78, 5) is 31.5. The number of carbonyl (C=O) groups is 2. The van der Waals surface area contributed by atoms with Crippen LogP contribution in [0.1, 0.15) is 18.4 Å². The smallest absolute Gasteiger partial charge is 0.243 e. The summed E-state index contributed by atoms with van der Waals surface area (Å²) < 4.78 is 35.8. The van der Waals surface area contributed by atoms with Gasteiger partial charge in [0, 0.05) is 35.5 Å². The first-order valence-corrected chi connectivity index (χ1v) is 11.7. The maximum atomic E-state index is 14.4. The molecule has 2 atom stereocenters. The van der Waals surface area contributed by atoms with E-state index < -0.39 is 18.0 Å². The van der Waals surface area contributed by atoms with Gasteiger partial charge in [-0.3, -0.25) is 9.59 Å². The lowest BCUT2D eigenvalue weighted by Crippen LogP contribution is -2.42. The predicted molar refractivity (Wildman–Crippen MR) is 127 cm³/mol. The van der Waals surface area contributed by atoms with Crippen molar-refractivity contribution in [3.8, 4) is 11.3 Å². The van der Waals surface area contributed by atoms with Crippen molar-refractivity contribution in [3.05, 3.63) is 77.7 Å². The van der Waals surface area contributed by atoms with Crippen molar-refractivity contribution in [1.29, 1.82) is 0 Å². The lowest BCUT2D eigenvalue weighted by molar-refractivity contribution is -0.138. The lowest BCUT2D eigenvalue weighted by Gasteiger charge is -2.24. The van der Waals surface area contributed by atoms with Crippen LogP contribution in [-0.4, -0.2) is 44.9 Å². The molecule has 1 aliphatic heterocycles. The molecule has 0 unspecified atom stereocenters. The molecule has 35 heavy (non-hydrogen) atoms. The Bertz CT molecular complexity index is 1390. The molecule has 0 saturated carbocycles. The summed E-state index contributed by atoms with van der Waals surface area (Å²) in [7, 11) is 0. The number of halogens is 3. The van der Waals surface area contributed by atoms with E-state index in [1.807, 2.05) is 24.3 Å². The number of hydrogen-bond donors (Lipinski definition) is 0. The van der Waals surface area contributed by atoms with Crippen molar-refractivity contribution < 1.29 is 22.8 Å². The third kappa shape index (κ3) is 4.58. The topological polar surface area (TPSA) is 68.3 Å². The summed E-state index contributed by atoms with van der Waals surface area (Å²) in [6, 6.07) is 11.3. The second kappa shape index (κ2) is 9.62. The fraction of sp³-hybridized carbons (Fsp3) is 0.269. The van der Waals surface area contributed by atoms with E-state index in [4.69, 9.17) is 16.0 Å². The summed E-state index contributed by atoms with van der Waals surface area (Å²) in [5, 5.41) is 0.873. The fourth-order valence-electron chi connectivity index (χ4n) is 4.69. The largest absolute Gasteiger partial charge is 0.443 e. The van der Waals surface area contributed by atoms with Crippen molar-refractivity contribution in [1.82, 2.24) is 14.5 Å². The highest BCUT2D eigenvalue weighted by Gasteiger charge is 2.39. The van der Waals surface area contributed by atoms with Gasteiger partial charge in [-0.2, -0.15) is 0 Å². The van der Waals surface area contributed by atoms with Gasteiger partial charge >= 0.3 is 0 Å². The molecule has 1 fully saturated rings. The Balaban J connectivity index is 1.34. The fourth-order valence-corrected chi connectivity index (χ4v) is 4.88. The molecule has 4 aromatic rings. The van der Waals surface area contributed by atoms with Crippen LogP contribution in [0.4, 0.5) is 8.78 Å². The first kappa shape index (κ1) is 23.2. The monoisotopic (exact) mass is 497 g/mol. The molecule has 5 rings (SSSR count). The van der Waals surface area contributed by atoms with Crippen LogP contribution < -0.4 is 0 Å². The summed E-state index contributed by atoms with van der Waals surface area (Å²) in [5.41, 5.74) is 1.91. The predicted octanol–water partition coefficient (Wildman–Crippen LogP) is 5.23. The molecule has 2 aromatic carbocycles. The Kier molecular flexibility index (Phi) is 6.38. The molecule has 0 bridgehead atoms. The van der Waals surface area contributed by atoms with E-state index >= 15 is 0 Å². The number of oxazole rings is 1. The van der Waals surface area contributed by atoms with E-state index in [1.54, 1.807) is 29.1 Å². The van der Waals surface area contributed by atoms with E-state index in [9.17, 15) is 18.4 Å². The molecule has 0 spiro atoms. The Hall–Kier alpha value is -3.52. The van der Waals surface area contributed by atoms with Crippen molar-refractivity contribution in [2.24, 2.45) is 0 Å². The molecule has 180 valence electrons. The summed E-state index contributed by atoms with van der Waals surface area (Å²) in [6.07, 6.45) is 3.50. The third-order valence-electron chi connectivity index (χ3n) is 6.41. The lowest BCUT2D eigenvalue weighted by atomic mass is 10.0. The second-order valence-electron chi connectivity index (χ2n) is 8.63. The van der Waals surface area contributed by atoms with Gasteiger partial charge in [0.1, 0.15) is 18.5 Å². The van der Waals surface area contributed by atoms with Gasteiger partial charge in [-0.1, -0.05) is 41.9 Å². The van der Waals surface area contributed by atoms with E-state index in [1.165, 1.54) is 17.4 Å². The van der Waals surface area contributed by atoms with Gasteiger partial charge < -0.3 is 13.9 Å². The van der Waals surface area contributed by atoms with Crippen molar-refractivity contribution in [3.63, 3.8) is 0 Å². The minimum absolute atomic E-state index is 0.0134. The van der Waals surface area contributed by atoms with E-state index in [0.29, 0.717) is 11.3 Å². The number of carbonyl (C=O) groups excluding carboxylic acids is 2. The molecular weight excluding hydrogens is 476 g/mol. The van der Waals surface area contributed by atoms with Gasteiger partial charge in [0.2, 0.25) is 5.91 Å². The number of ketones is 1. The normalized spacial score (nSPS) is 17.9. The number of fused-ring (bicyclic) bond motifs is 1. The van der Waals surface area contributed by atoms with Crippen molar-refractivity contribution in [2.75, 3.05) is 6.54 Å². The van der Waals surface area contributed by atoms with Crippen molar-refractivity contribution >= 4 is 34.2 Å². The molecule has 9 heteroatoms. The van der Waals surface area contributed by atoms with Gasteiger partial charge in [-0.05, 0) is 24.1 Å². The number of nitrogens with zero attached hydrogens (tertiary/aromatic N) is 3. The number of amides is 1. The minimum Gasteiger partial charge on any atom is -0.443 e. The Morgan fingerprint density at radius 1 is 1.17 bits per heavy atom. The number of alkyl halides is 1. The maximum Gasteiger partial charge on any atom is 0.243 e. The molecule has 0 aliphatic carbocycles. The van der Waals surface area contributed by atoms with E-state index in [2.05, 4.69) is 4.98 Å². The Labute approximate surface area is 205 Å². The highest BCUT2D eigenvalue weighted by molar-refractivity contribution is 6.30. The van der Waals surface area contributed by atoms with Gasteiger partial charge in [0.25, 0.3) is 0 Å². The zero-order valence-electron chi connectivity index (χ0n) is 18.7. The molecule has 0 radical (unpaired) electrons. The second-order valence-corrected chi connectivity index (χ2v) is 9.03. The van der Waals surface area contributed by atoms with Gasteiger partial charge in [0.15, 0.2) is 17.9 Å². The van der Waals surface area contributed by atoms with Crippen LogP contribution in [0.2, 0.25) is 5.02 Å². The third-order valence-corrected chi connectivity index (χ3v) is 6.70. The number of benzene rings is 2. The number of rotatable bonds is 7. The van der Waals surface area contributed by atoms with Crippen LogP contribution in [0.3, 0.4) is 0 Å². The molecule has 3 heterocycles. The number of para-hydroxylation sites is 1. The average Bonchev–Trinajstić information content (AvgIpc) is 3.59. The van der Waals surface area contributed by atoms with Crippen LogP contribution >= 0.6 is 11.6 Å². The molecule has 1 aliphatic rings. The maximum absolute atomic E-state index is 14.4. The zero-order chi connectivity index (χ0) is 24.5. The SMILES string of the molecule is O=C(CCc1cccc(Cl)c1F)[C@@H]1C[C@@H](F)CN1C(=O)Cn1cc(-c2cnco2)c2ccccc21. The molecule has 6 nitrogen and oxygen atoms in total. The van der Waals surface area contributed by atoms with E-state index in [-0.39, 0.29) is 49.1 Å². The highest BCUT2D eigenvalue weighted by atomic mass is 35.5. The van der Waals surface area contributed by atoms with Crippen LogP contribution in [-0.2, 0) is 22.6 Å². The number of likely N-dealkylation sites (tertiary alicyclic amines) is 1. The Morgan fingerprint density at radius 2 is 2.00 bits per heavy atom. The van der Waals surface area contributed by atoms with Crippen LogP contribution in [0.15, 0.2) is 65.7 Å². The van der Waals surface area contributed by atoms with Gasteiger partial charge in [0.05, 0.1) is 23.8 Å². The zero-order valence-corrected chi connectivity index (χ0v) is 19.4. The molecule has 2 aromatic heterocycles. The van der Waals surface area contributed by atoms with E-state index in [0.717, 1.165) is 16.5 Å². The summed E-state index contributed by atoms with van der Waals surface area (Å²) >= 11 is 5.82. The molecular formula is C26H22ClF2N3O3.